The molecule has 1 unspecified atom stereocenters. The number of hydrogen-bond acceptors (Lipinski definition) is 5. The van der Waals surface area contributed by atoms with Crippen LogP contribution in [-0.2, 0) is 21.1 Å². The van der Waals surface area contributed by atoms with Gasteiger partial charge >= 0.3 is 5.97 Å². The number of carboxylic acids is 1. The molecule has 9 heteroatoms. The normalized spacial score (nSPS) is 13.7. The van der Waals surface area contributed by atoms with Gasteiger partial charge < -0.3 is 24.5 Å². The molecule has 8 nitrogen and oxygen atoms in total. The zero-order valence-corrected chi connectivity index (χ0v) is 22.0. The number of rotatable bonds is 13. The maximum absolute atomic E-state index is 11.2. The lowest BCUT2D eigenvalue weighted by Gasteiger charge is -2.46. The molecule has 35 heavy (non-hydrogen) atoms. The van der Waals surface area contributed by atoms with Crippen LogP contribution in [0.1, 0.15) is 23.5 Å². The molecule has 0 saturated heterocycles. The third-order valence-corrected chi connectivity index (χ3v) is 7.69. The van der Waals surface area contributed by atoms with Gasteiger partial charge in [0.25, 0.3) is 0 Å². The van der Waals surface area contributed by atoms with E-state index in [1.54, 1.807) is 6.20 Å². The number of carboxylic acid groups (broad SMARTS) is 1. The van der Waals surface area contributed by atoms with Gasteiger partial charge in [-0.25, -0.2) is 4.98 Å². The maximum Gasteiger partial charge on any atom is 0.304 e. The van der Waals surface area contributed by atoms with Crippen LogP contribution in [0.3, 0.4) is 0 Å². The van der Waals surface area contributed by atoms with E-state index in [1.165, 1.54) is 0 Å². The summed E-state index contributed by atoms with van der Waals surface area (Å²) >= 11 is 0. The van der Waals surface area contributed by atoms with Gasteiger partial charge in [-0.05, 0) is 67.0 Å². The molecule has 0 aliphatic carbocycles. The highest BCUT2D eigenvalue weighted by Crippen LogP contribution is 2.54. The van der Waals surface area contributed by atoms with Gasteiger partial charge in [-0.2, -0.15) is 0 Å². The zero-order chi connectivity index (χ0) is 25.7. The molecular weight excluding hydrogens is 466 g/mol. The molecular formula is C26H37N3O5S. The zero-order valence-electron chi connectivity index (χ0n) is 21.2. The number of carbonyl (C=O) groups is 2. The number of aryl methyl sites for hydroxylation is 1. The summed E-state index contributed by atoms with van der Waals surface area (Å²) in [5.41, 5.74) is 2.67. The van der Waals surface area contributed by atoms with E-state index in [9.17, 15) is 14.7 Å². The number of benzene rings is 1. The lowest BCUT2D eigenvalue weighted by atomic mass is 9.95. The average Bonchev–Trinajstić information content (AvgIpc) is 3.10. The maximum atomic E-state index is 11.2. The molecule has 1 atom stereocenters. The van der Waals surface area contributed by atoms with Gasteiger partial charge in [0.2, 0.25) is 6.41 Å². The molecule has 0 aliphatic heterocycles. The fourth-order valence-electron chi connectivity index (χ4n) is 3.80. The second kappa shape index (κ2) is 10.7. The number of nitrogens with one attached hydrogen (secondary N) is 1. The molecule has 0 aliphatic rings. The Balaban J connectivity index is 1.74. The molecule has 3 aromatic rings. The molecule has 2 N–H and O–H groups in total. The highest BCUT2D eigenvalue weighted by atomic mass is 32.3. The quantitative estimate of drug-likeness (QED) is 0.185. The number of ether oxygens (including phenoxy) is 2. The van der Waals surface area contributed by atoms with Crippen LogP contribution in [0.5, 0.6) is 11.5 Å². The molecule has 0 bridgehead atoms. The van der Waals surface area contributed by atoms with E-state index in [4.69, 9.17) is 9.47 Å². The lowest BCUT2D eigenvalue weighted by Crippen LogP contribution is -2.22. The van der Waals surface area contributed by atoms with E-state index in [0.717, 1.165) is 27.9 Å². The van der Waals surface area contributed by atoms with Gasteiger partial charge in [0.15, 0.2) is 0 Å². The van der Waals surface area contributed by atoms with Crippen molar-refractivity contribution in [1.29, 1.82) is 0 Å². The number of aliphatic carboxylic acids is 1. The first kappa shape index (κ1) is 26.6. The van der Waals surface area contributed by atoms with Crippen molar-refractivity contribution in [1.82, 2.24) is 14.9 Å². The summed E-state index contributed by atoms with van der Waals surface area (Å²) in [6, 6.07) is 9.12. The molecule has 3 rings (SSSR count). The predicted molar refractivity (Wildman–Crippen MR) is 144 cm³/mol. The smallest absolute Gasteiger partial charge is 0.304 e. The van der Waals surface area contributed by atoms with Crippen molar-refractivity contribution in [2.24, 2.45) is 0 Å². The number of fused-ring (bicyclic) bond motifs is 1. The molecule has 2 aromatic heterocycles. The van der Waals surface area contributed by atoms with E-state index in [0.29, 0.717) is 31.2 Å². The third-order valence-electron chi connectivity index (χ3n) is 5.72. The summed E-state index contributed by atoms with van der Waals surface area (Å²) in [7, 11) is -1.60. The summed E-state index contributed by atoms with van der Waals surface area (Å²) in [5, 5.41) is 12.7. The van der Waals surface area contributed by atoms with Crippen molar-refractivity contribution in [3.8, 4) is 11.5 Å². The average molecular weight is 504 g/mol. The van der Waals surface area contributed by atoms with Gasteiger partial charge in [-0.15, -0.1) is 0 Å². The minimum atomic E-state index is -1.60. The summed E-state index contributed by atoms with van der Waals surface area (Å²) < 4.78 is 14.2. The van der Waals surface area contributed by atoms with Crippen LogP contribution < -0.4 is 10.1 Å². The monoisotopic (exact) mass is 503 g/mol. The third kappa shape index (κ3) is 7.73. The highest BCUT2D eigenvalue weighted by molar-refractivity contribution is 8.47. The Labute approximate surface area is 206 Å². The molecule has 0 fully saturated rings. The summed E-state index contributed by atoms with van der Waals surface area (Å²) in [4.78, 5) is 26.4. The molecule has 2 heterocycles. The van der Waals surface area contributed by atoms with Gasteiger partial charge in [-0.1, -0.05) is 12.1 Å². The second-order valence-corrected chi connectivity index (χ2v) is 19.3. The number of aromatic nitrogens is 2. The van der Waals surface area contributed by atoms with Gasteiger partial charge in [0, 0.05) is 24.9 Å². The van der Waals surface area contributed by atoms with E-state index >= 15 is 0 Å². The van der Waals surface area contributed by atoms with E-state index in [-0.39, 0.29) is 18.9 Å². The first-order valence-corrected chi connectivity index (χ1v) is 15.8. The van der Waals surface area contributed by atoms with Crippen molar-refractivity contribution < 1.29 is 24.2 Å². The standard InChI is InChI=1S/C26H37N3O5S/c1-19-16-29(18-33-12-13-35(2,3,4)5)26-25(19)23(10-11-28-26)34-22-8-6-20(7-9-22)21(14-24(31)32)15-27-17-30/h6-11,16-17,21,35H,12-15,18H2,1-5H3,(H,27,30)(H,31,32). The Morgan fingerprint density at radius 2 is 1.91 bits per heavy atom. The minimum Gasteiger partial charge on any atom is -0.481 e. The molecule has 0 saturated carbocycles. The number of amides is 1. The Kier molecular flexibility index (Phi) is 8.12. The highest BCUT2D eigenvalue weighted by Gasteiger charge is 2.19. The summed E-state index contributed by atoms with van der Waals surface area (Å²) in [6.45, 7) is 3.42. The lowest BCUT2D eigenvalue weighted by molar-refractivity contribution is -0.137. The largest absolute Gasteiger partial charge is 0.481 e. The van der Waals surface area contributed by atoms with Crippen LogP contribution >= 0.6 is 9.16 Å². The Bertz CT molecular complexity index is 1170. The predicted octanol–water partition coefficient (Wildman–Crippen LogP) is 4.01. The van der Waals surface area contributed by atoms with Crippen LogP contribution in [0.4, 0.5) is 0 Å². The van der Waals surface area contributed by atoms with Crippen LogP contribution in [-0.4, -0.2) is 71.0 Å². The Morgan fingerprint density at radius 1 is 1.20 bits per heavy atom. The van der Waals surface area contributed by atoms with Crippen molar-refractivity contribution in [3.63, 3.8) is 0 Å². The number of nitrogens with zero attached hydrogens (tertiary/aromatic N) is 2. The first-order valence-electron chi connectivity index (χ1n) is 11.6. The fraction of sp³-hybridized carbons (Fsp3) is 0.423. The number of carbonyl (C=O) groups excluding carboxylic acids is 1. The minimum absolute atomic E-state index is 0.0722. The number of thiol groups is 1. The summed E-state index contributed by atoms with van der Waals surface area (Å²) in [5.74, 6) is 1.16. The first-order chi connectivity index (χ1) is 16.4. The van der Waals surface area contributed by atoms with Crippen LogP contribution in [0.15, 0.2) is 42.7 Å². The molecule has 192 valence electrons. The number of hydrogen-bond donors (Lipinski definition) is 3. The topological polar surface area (TPSA) is 103 Å². The van der Waals surface area contributed by atoms with Crippen molar-refractivity contribution >= 4 is 32.6 Å². The van der Waals surface area contributed by atoms with Crippen LogP contribution in [0, 0.1) is 6.92 Å². The van der Waals surface area contributed by atoms with Crippen molar-refractivity contribution in [3.05, 3.63) is 53.9 Å². The molecule has 0 spiro atoms. The van der Waals surface area contributed by atoms with Gasteiger partial charge in [0.05, 0.1) is 18.4 Å². The van der Waals surface area contributed by atoms with E-state index in [2.05, 4.69) is 35.3 Å². The second-order valence-electron chi connectivity index (χ2n) is 11.0. The summed E-state index contributed by atoms with van der Waals surface area (Å²) in [6.07, 6.45) is 13.6. The van der Waals surface area contributed by atoms with Gasteiger partial charge in [-0.3, -0.25) is 18.8 Å². The molecule has 1 aromatic carbocycles. The Morgan fingerprint density at radius 3 is 2.54 bits per heavy atom. The van der Waals surface area contributed by atoms with Gasteiger partial charge in [0.1, 0.15) is 23.9 Å². The van der Waals surface area contributed by atoms with Crippen LogP contribution in [0.2, 0.25) is 0 Å². The number of pyridine rings is 1. The van der Waals surface area contributed by atoms with Crippen LogP contribution in [0.25, 0.3) is 11.0 Å². The molecule has 1 amide bonds. The fourth-order valence-corrected chi connectivity index (χ4v) is 4.66. The SMILES string of the molecule is Cc1cn(COCC[SH](C)(C)(C)C)c2nccc(Oc3ccc(C(CNC=O)CC(=O)O)cc3)c12. The van der Waals surface area contributed by atoms with Crippen molar-refractivity contribution in [2.75, 3.05) is 43.9 Å². The molecule has 0 radical (unpaired) electrons. The Hall–Kier alpha value is -3.04. The van der Waals surface area contributed by atoms with Crippen molar-refractivity contribution in [2.45, 2.75) is 26.0 Å². The van der Waals surface area contributed by atoms with E-state index in [1.807, 2.05) is 48.0 Å². The van der Waals surface area contributed by atoms with E-state index < -0.39 is 15.1 Å².